The number of carboxylic acid groups (broad SMARTS) is 1. The molecule has 0 radical (unpaired) electrons. The minimum absolute atomic E-state index is 0. The third-order valence-electron chi connectivity index (χ3n) is 15.0. The van der Waals surface area contributed by atoms with Crippen molar-refractivity contribution in [1.82, 2.24) is 28.9 Å². The van der Waals surface area contributed by atoms with Crippen molar-refractivity contribution in [2.24, 2.45) is 0 Å². The number of aryl methyl sites for hydroxylation is 2. The van der Waals surface area contributed by atoms with E-state index in [0.29, 0.717) is 88.8 Å². The van der Waals surface area contributed by atoms with Crippen LogP contribution in [0, 0.1) is 39.3 Å². The molecule has 0 amide bonds. The fourth-order valence-corrected chi connectivity index (χ4v) is 10.8. The van der Waals surface area contributed by atoms with Crippen LogP contribution >= 0.6 is 23.2 Å². The van der Waals surface area contributed by atoms with E-state index < -0.39 is 52.2 Å². The number of esters is 1. The van der Waals surface area contributed by atoms with E-state index in [2.05, 4.69) is 10.6 Å². The summed E-state index contributed by atoms with van der Waals surface area (Å²) in [6.07, 6.45) is 0.911. The van der Waals surface area contributed by atoms with Crippen LogP contribution in [0.1, 0.15) is 89.5 Å². The molecule has 452 valence electrons. The van der Waals surface area contributed by atoms with E-state index in [9.17, 15) is 38.3 Å². The fourth-order valence-electron chi connectivity index (χ4n) is 10.3. The molecule has 2 heterocycles. The van der Waals surface area contributed by atoms with Gasteiger partial charge in [-0.1, -0.05) is 132 Å². The van der Waals surface area contributed by atoms with Gasteiger partial charge in [-0.2, -0.15) is 0 Å². The third-order valence-corrected chi connectivity index (χ3v) is 15.7. The van der Waals surface area contributed by atoms with Gasteiger partial charge in [0.1, 0.15) is 23.1 Å². The molecular formula is C66H69Cl2F2N6NaO10. The van der Waals surface area contributed by atoms with E-state index in [1.165, 1.54) is 40.1 Å². The molecule has 0 unspecified atom stereocenters. The third kappa shape index (κ3) is 16.8. The minimum atomic E-state index is -1.16. The Morgan fingerprint density at radius 2 is 0.943 bits per heavy atom. The van der Waals surface area contributed by atoms with Crippen molar-refractivity contribution in [2.45, 2.75) is 98.6 Å². The van der Waals surface area contributed by atoms with Crippen molar-refractivity contribution in [1.29, 1.82) is 0 Å². The summed E-state index contributed by atoms with van der Waals surface area (Å²) in [5.41, 5.74) is 3.28. The van der Waals surface area contributed by atoms with Crippen LogP contribution < -0.4 is 77.3 Å². The number of nitrogens with one attached hydrogen (secondary N) is 2. The molecule has 0 spiro atoms. The van der Waals surface area contributed by atoms with Crippen molar-refractivity contribution in [3.8, 4) is 33.8 Å². The Morgan fingerprint density at radius 3 is 1.31 bits per heavy atom. The number of ether oxygens (including phenoxy) is 3. The zero-order valence-corrected chi connectivity index (χ0v) is 53.5. The number of hydrogen-bond donors (Lipinski definition) is 2. The summed E-state index contributed by atoms with van der Waals surface area (Å²) in [6, 6.07) is 37.3. The van der Waals surface area contributed by atoms with Gasteiger partial charge in [0, 0.05) is 46.0 Å². The van der Waals surface area contributed by atoms with Crippen LogP contribution in [-0.2, 0) is 40.5 Å². The molecule has 21 heteroatoms. The first kappa shape index (κ1) is 68.7. The van der Waals surface area contributed by atoms with Crippen molar-refractivity contribution >= 4 is 35.1 Å². The number of carbonyl (C=O) groups excluding carboxylic acids is 2. The Balaban J connectivity index is 0.000000275. The Labute approximate surface area is 535 Å². The van der Waals surface area contributed by atoms with E-state index in [0.717, 1.165) is 15.7 Å². The summed E-state index contributed by atoms with van der Waals surface area (Å²) in [7, 11) is 2.95. The smallest absolute Gasteiger partial charge is 0.550 e. The van der Waals surface area contributed by atoms with E-state index in [1.807, 2.05) is 60.7 Å². The van der Waals surface area contributed by atoms with Crippen molar-refractivity contribution < 1.29 is 67.2 Å². The first-order valence-corrected chi connectivity index (χ1v) is 28.8. The van der Waals surface area contributed by atoms with Crippen LogP contribution in [0.3, 0.4) is 0 Å². The van der Waals surface area contributed by atoms with Crippen molar-refractivity contribution in [3.05, 3.63) is 242 Å². The van der Waals surface area contributed by atoms with Gasteiger partial charge < -0.3 is 34.7 Å². The number of rotatable bonds is 25. The molecule has 0 fully saturated rings. The van der Waals surface area contributed by atoms with E-state index in [-0.39, 0.29) is 95.7 Å². The molecule has 0 saturated heterocycles. The van der Waals surface area contributed by atoms with Gasteiger partial charge in [0.05, 0.1) is 80.3 Å². The molecule has 8 aromatic rings. The predicted molar refractivity (Wildman–Crippen MR) is 328 cm³/mol. The van der Waals surface area contributed by atoms with Crippen molar-refractivity contribution in [3.63, 3.8) is 0 Å². The summed E-state index contributed by atoms with van der Waals surface area (Å²) in [6.45, 7) is 9.39. The zero-order chi connectivity index (χ0) is 62.2. The summed E-state index contributed by atoms with van der Waals surface area (Å²) < 4.78 is 50.9. The predicted octanol–water partition coefficient (Wildman–Crippen LogP) is 6.83. The molecule has 0 aliphatic heterocycles. The number of methoxy groups -OCH3 is 2. The molecule has 8 rings (SSSR count). The molecule has 87 heavy (non-hydrogen) atoms. The Kier molecular flexibility index (Phi) is 25.7. The van der Waals surface area contributed by atoms with E-state index in [1.54, 1.807) is 95.3 Å². The molecule has 6 aromatic carbocycles. The van der Waals surface area contributed by atoms with E-state index in [4.69, 9.17) is 37.4 Å². The van der Waals surface area contributed by atoms with Crippen molar-refractivity contribution in [2.75, 3.05) is 33.9 Å². The number of nitrogens with zero attached hydrogens (tertiary/aromatic N) is 4. The fraction of sp³-hybridized carbons (Fsp3) is 0.303. The van der Waals surface area contributed by atoms with Gasteiger partial charge >= 0.3 is 46.9 Å². The van der Waals surface area contributed by atoms with Crippen LogP contribution in [0.15, 0.2) is 153 Å². The molecule has 0 aliphatic rings. The van der Waals surface area contributed by atoms with Crippen LogP contribution in [0.5, 0.6) is 11.5 Å². The van der Waals surface area contributed by atoms with Gasteiger partial charge in [-0.15, -0.1) is 0 Å². The second-order valence-electron chi connectivity index (χ2n) is 20.4. The Bertz CT molecular complexity index is 3910. The van der Waals surface area contributed by atoms with Gasteiger partial charge in [0.25, 0.3) is 11.1 Å². The van der Waals surface area contributed by atoms with Gasteiger partial charge in [-0.25, -0.2) is 18.4 Å². The Hall–Kier alpha value is -7.42. The quantitative estimate of drug-likeness (QED) is 0.0345. The monoisotopic (exact) mass is 1240 g/mol. The number of aliphatic carboxylic acids is 1. The largest absolute Gasteiger partial charge is 1.00 e. The minimum Gasteiger partial charge on any atom is -0.550 e. The van der Waals surface area contributed by atoms with Gasteiger partial charge in [-0.3, -0.25) is 32.7 Å². The average Bonchev–Trinajstić information content (AvgIpc) is 0.883. The Morgan fingerprint density at radius 1 is 0.552 bits per heavy atom. The number of halogens is 4. The molecule has 2 N–H and O–H groups in total. The summed E-state index contributed by atoms with van der Waals surface area (Å²) in [4.78, 5) is 79.4. The van der Waals surface area contributed by atoms with Gasteiger partial charge in [0.2, 0.25) is 0 Å². The van der Waals surface area contributed by atoms with Crippen LogP contribution in [0.25, 0.3) is 22.3 Å². The second kappa shape index (κ2) is 32.5. The second-order valence-corrected chi connectivity index (χ2v) is 21.2. The normalized spacial score (nSPS) is 11.7. The molecule has 2 aromatic heterocycles. The van der Waals surface area contributed by atoms with Crippen LogP contribution in [0.4, 0.5) is 8.78 Å². The maximum Gasteiger partial charge on any atom is 1.00 e. The standard InChI is InChI=1S/C34H37ClFN3O5.C32H33ClFN3O5.Na/c1-5-44-30(40)18-11-19-37-28(24-13-7-6-8-14-24)21-39-33(41)31(25-15-10-17-29(43-4)32(25)35)23(3)38(34(39)42)20-26-22(2)12-9-16-27(26)36;1-20-10-7-14-25(34)24(20)18-36-21(2)29(23-13-8-15-27(42-3)30(23)33)31(40)37(32(36)41)19-26(22-11-5-4-6-12-22)35-17-9-16-28(38)39;/h6-10,12-17,28,37H,5,11,18-21H2,1-4H3;4-8,10-15,26,35H,9,16-19H2,1-3H3,(H,38,39);/q;;+1/p-1/t28-;26-;/m00./s1. The number of hydrogen-bond acceptors (Lipinski definition) is 12. The summed E-state index contributed by atoms with van der Waals surface area (Å²) in [5.74, 6) is -1.61. The maximum absolute atomic E-state index is 15.0. The van der Waals surface area contributed by atoms with E-state index >= 15 is 4.39 Å². The number of aromatic nitrogens is 4. The molecule has 0 bridgehead atoms. The average molecular weight is 1240 g/mol. The van der Waals surface area contributed by atoms with Crippen LogP contribution in [0.2, 0.25) is 10.0 Å². The first-order chi connectivity index (χ1) is 41.3. The SMILES string of the molecule is CCOC(=O)CCCN[C@@H](Cn1c(=O)c(-c2cccc(OC)c2Cl)c(C)n(Cc2c(C)cccc2F)c1=O)c1ccccc1.COc1cccc(-c2c(C)n(Cc3c(C)cccc3F)c(=O)n(C[C@H](NCCCC(=O)[O-])c3ccccc3)c2=O)c1Cl.[Na+]. The first-order valence-electron chi connectivity index (χ1n) is 28.1. The number of carbonyl (C=O) groups is 2. The maximum atomic E-state index is 15.0. The van der Waals surface area contributed by atoms with Gasteiger partial charge in [-0.05, 0) is 113 Å². The van der Waals surface area contributed by atoms with Crippen LogP contribution in [-0.4, -0.2) is 64.1 Å². The molecule has 2 atom stereocenters. The molecule has 0 aliphatic carbocycles. The molecular weight excluding hydrogens is 1170 g/mol. The topological polar surface area (TPSA) is 197 Å². The molecule has 16 nitrogen and oxygen atoms in total. The summed E-state index contributed by atoms with van der Waals surface area (Å²) >= 11 is 13.4. The molecule has 0 saturated carbocycles. The summed E-state index contributed by atoms with van der Waals surface area (Å²) in [5, 5.41) is 18.1. The zero-order valence-electron chi connectivity index (χ0n) is 50.0. The number of carboxylic acids is 1. The number of benzene rings is 6. The van der Waals surface area contributed by atoms with Gasteiger partial charge in [0.15, 0.2) is 0 Å².